The minimum atomic E-state index is -0.347. The lowest BCUT2D eigenvalue weighted by Crippen LogP contribution is -2.50. The molecule has 0 atom stereocenters. The van der Waals surface area contributed by atoms with Crippen molar-refractivity contribution in [3.63, 3.8) is 0 Å². The van der Waals surface area contributed by atoms with E-state index in [2.05, 4.69) is 4.98 Å². The molecule has 1 aromatic rings. The largest absolute Gasteiger partial charge is 0.450 e. The van der Waals surface area contributed by atoms with Gasteiger partial charge in [-0.15, -0.1) is 0 Å². The Morgan fingerprint density at radius 2 is 2.00 bits per heavy atom. The molecular weight excluding hydrogens is 252 g/mol. The van der Waals surface area contributed by atoms with E-state index in [9.17, 15) is 9.59 Å². The highest BCUT2D eigenvalue weighted by molar-refractivity contribution is 5.92. The third kappa shape index (κ3) is 2.95. The van der Waals surface area contributed by atoms with Gasteiger partial charge in [0.25, 0.3) is 11.9 Å². The van der Waals surface area contributed by atoms with Gasteiger partial charge in [-0.1, -0.05) is 0 Å². The molecule has 0 aliphatic carbocycles. The van der Waals surface area contributed by atoms with E-state index in [0.717, 1.165) is 0 Å². The molecule has 8 nitrogen and oxygen atoms in total. The fourth-order valence-corrected chi connectivity index (χ4v) is 1.85. The molecule has 8 heteroatoms. The number of nitrogens with two attached hydrogens (primary N) is 1. The van der Waals surface area contributed by atoms with Gasteiger partial charge < -0.3 is 24.7 Å². The lowest BCUT2D eigenvalue weighted by atomic mass is 10.3. The van der Waals surface area contributed by atoms with Crippen molar-refractivity contribution in [2.24, 2.45) is 0 Å². The summed E-state index contributed by atoms with van der Waals surface area (Å²) in [5.41, 5.74) is 5.51. The lowest BCUT2D eigenvalue weighted by Gasteiger charge is -2.33. The smallest absolute Gasteiger partial charge is 0.409 e. The molecule has 19 heavy (non-hydrogen) atoms. The molecule has 2 N–H and O–H groups in total. The van der Waals surface area contributed by atoms with Crippen molar-refractivity contribution < 1.29 is 18.7 Å². The topological polar surface area (TPSA) is 102 Å². The van der Waals surface area contributed by atoms with Crippen LogP contribution in [0, 0.1) is 0 Å². The average Bonchev–Trinajstić information content (AvgIpc) is 2.85. The number of rotatable bonds is 2. The second-order valence-corrected chi connectivity index (χ2v) is 4.05. The van der Waals surface area contributed by atoms with E-state index in [4.69, 9.17) is 14.9 Å². The summed E-state index contributed by atoms with van der Waals surface area (Å²) >= 11 is 0. The number of hydrogen-bond acceptors (Lipinski definition) is 6. The number of ether oxygens (including phenoxy) is 1. The summed E-state index contributed by atoms with van der Waals surface area (Å²) in [6, 6.07) is -0.0338. The van der Waals surface area contributed by atoms with Crippen LogP contribution in [0.2, 0.25) is 0 Å². The van der Waals surface area contributed by atoms with Gasteiger partial charge in [0, 0.05) is 26.2 Å². The molecule has 2 rings (SSSR count). The number of amides is 2. The number of hydrogen-bond donors (Lipinski definition) is 1. The van der Waals surface area contributed by atoms with Crippen molar-refractivity contribution in [2.75, 3.05) is 38.5 Å². The normalized spacial score (nSPS) is 15.4. The second kappa shape index (κ2) is 5.59. The Morgan fingerprint density at radius 1 is 1.37 bits per heavy atom. The average molecular weight is 268 g/mol. The van der Waals surface area contributed by atoms with Gasteiger partial charge >= 0.3 is 6.09 Å². The first-order valence-electron chi connectivity index (χ1n) is 6.03. The fourth-order valence-electron chi connectivity index (χ4n) is 1.85. The minimum Gasteiger partial charge on any atom is -0.450 e. The van der Waals surface area contributed by atoms with Crippen LogP contribution in [0.4, 0.5) is 10.8 Å². The van der Waals surface area contributed by atoms with E-state index >= 15 is 0 Å². The summed E-state index contributed by atoms with van der Waals surface area (Å²) in [6.45, 7) is 3.85. The second-order valence-electron chi connectivity index (χ2n) is 4.05. The molecule has 0 radical (unpaired) electrons. The molecule has 2 amide bonds. The zero-order valence-corrected chi connectivity index (χ0v) is 10.7. The standard InChI is InChI=1S/C11H16N4O4/c1-2-18-11(17)15-5-3-14(4-6-15)9(16)8-7-19-10(12)13-8/h7H,2-6H2,1H3,(H2,12,13). The van der Waals surface area contributed by atoms with Gasteiger partial charge in [-0.25, -0.2) is 4.79 Å². The Balaban J connectivity index is 1.89. The molecule has 2 heterocycles. The predicted octanol–water partition coefficient (Wildman–Crippen LogP) is 0.171. The Hall–Kier alpha value is -2.25. The monoisotopic (exact) mass is 268 g/mol. The third-order valence-corrected chi connectivity index (χ3v) is 2.83. The molecule has 0 unspecified atom stereocenters. The lowest BCUT2D eigenvalue weighted by molar-refractivity contribution is 0.0566. The molecule has 1 aliphatic rings. The Bertz CT molecular complexity index is 465. The number of oxazole rings is 1. The number of carbonyl (C=O) groups is 2. The molecule has 1 aromatic heterocycles. The summed E-state index contributed by atoms with van der Waals surface area (Å²) in [4.78, 5) is 30.5. The maximum Gasteiger partial charge on any atom is 0.409 e. The van der Waals surface area contributed by atoms with Crippen molar-refractivity contribution in [3.05, 3.63) is 12.0 Å². The Kier molecular flexibility index (Phi) is 3.88. The first-order chi connectivity index (χ1) is 9.11. The number of nitrogen functional groups attached to an aromatic ring is 1. The van der Waals surface area contributed by atoms with E-state index in [0.29, 0.717) is 32.8 Å². The molecule has 1 fully saturated rings. The van der Waals surface area contributed by atoms with Gasteiger partial charge in [0.2, 0.25) is 0 Å². The molecular formula is C11H16N4O4. The first-order valence-corrected chi connectivity index (χ1v) is 6.03. The number of nitrogens with zero attached hydrogens (tertiary/aromatic N) is 3. The summed E-state index contributed by atoms with van der Waals surface area (Å²) in [5, 5.41) is 0. The van der Waals surface area contributed by atoms with Gasteiger partial charge in [-0.3, -0.25) is 4.79 Å². The van der Waals surface area contributed by atoms with Gasteiger partial charge in [0.15, 0.2) is 5.69 Å². The van der Waals surface area contributed by atoms with Crippen LogP contribution in [0.3, 0.4) is 0 Å². The fraction of sp³-hybridized carbons (Fsp3) is 0.545. The number of anilines is 1. The van der Waals surface area contributed by atoms with E-state index in [1.54, 1.807) is 16.7 Å². The van der Waals surface area contributed by atoms with Crippen LogP contribution in [0.1, 0.15) is 17.4 Å². The van der Waals surface area contributed by atoms with E-state index in [1.165, 1.54) is 6.26 Å². The van der Waals surface area contributed by atoms with E-state index in [-0.39, 0.29) is 23.7 Å². The third-order valence-electron chi connectivity index (χ3n) is 2.83. The SMILES string of the molecule is CCOC(=O)N1CCN(C(=O)c2coc(N)n2)CC1. The highest BCUT2D eigenvalue weighted by Crippen LogP contribution is 2.10. The van der Waals surface area contributed by atoms with Crippen LogP contribution in [-0.2, 0) is 4.74 Å². The summed E-state index contributed by atoms with van der Waals surface area (Å²) in [7, 11) is 0. The predicted molar refractivity (Wildman–Crippen MR) is 65.4 cm³/mol. The molecule has 1 saturated heterocycles. The van der Waals surface area contributed by atoms with Crippen LogP contribution in [0.15, 0.2) is 10.7 Å². The van der Waals surface area contributed by atoms with Gasteiger partial charge in [0.1, 0.15) is 6.26 Å². The molecule has 0 aromatic carbocycles. The minimum absolute atomic E-state index is 0.0338. The highest BCUT2D eigenvalue weighted by Gasteiger charge is 2.26. The summed E-state index contributed by atoms with van der Waals surface area (Å²) < 4.78 is 9.71. The number of piperazine rings is 1. The van der Waals surface area contributed by atoms with Crippen molar-refractivity contribution in [1.29, 1.82) is 0 Å². The number of aromatic nitrogens is 1. The quantitative estimate of drug-likeness (QED) is 0.820. The van der Waals surface area contributed by atoms with Crippen LogP contribution >= 0.6 is 0 Å². The molecule has 0 saturated carbocycles. The maximum atomic E-state index is 12.0. The maximum absolute atomic E-state index is 12.0. The van der Waals surface area contributed by atoms with Gasteiger partial charge in [-0.05, 0) is 6.92 Å². The van der Waals surface area contributed by atoms with Crippen LogP contribution in [0.25, 0.3) is 0 Å². The van der Waals surface area contributed by atoms with Crippen molar-refractivity contribution in [1.82, 2.24) is 14.8 Å². The van der Waals surface area contributed by atoms with Crippen molar-refractivity contribution in [2.45, 2.75) is 6.92 Å². The summed E-state index contributed by atoms with van der Waals surface area (Å²) in [6.07, 6.45) is 0.885. The van der Waals surface area contributed by atoms with Crippen LogP contribution in [0.5, 0.6) is 0 Å². The van der Waals surface area contributed by atoms with Crippen LogP contribution in [-0.4, -0.2) is 59.6 Å². The highest BCUT2D eigenvalue weighted by atomic mass is 16.6. The van der Waals surface area contributed by atoms with Crippen molar-refractivity contribution in [3.8, 4) is 0 Å². The van der Waals surface area contributed by atoms with Crippen molar-refractivity contribution >= 4 is 18.0 Å². The zero-order chi connectivity index (χ0) is 13.8. The van der Waals surface area contributed by atoms with Gasteiger partial charge in [0.05, 0.1) is 6.61 Å². The van der Waals surface area contributed by atoms with Gasteiger partial charge in [-0.2, -0.15) is 4.98 Å². The molecule has 1 aliphatic heterocycles. The van der Waals surface area contributed by atoms with E-state index < -0.39 is 0 Å². The van der Waals surface area contributed by atoms with E-state index in [1.807, 2.05) is 0 Å². The molecule has 0 spiro atoms. The number of carbonyl (C=O) groups excluding carboxylic acids is 2. The molecule has 104 valence electrons. The Morgan fingerprint density at radius 3 is 2.53 bits per heavy atom. The summed E-state index contributed by atoms with van der Waals surface area (Å²) in [5.74, 6) is -0.246. The molecule has 0 bridgehead atoms. The zero-order valence-electron chi connectivity index (χ0n) is 10.7. The van der Waals surface area contributed by atoms with Crippen LogP contribution < -0.4 is 5.73 Å². The first kappa shape index (κ1) is 13.2. The Labute approximate surface area is 110 Å².